The van der Waals surface area contributed by atoms with Crippen LogP contribution in [0.3, 0.4) is 0 Å². The second kappa shape index (κ2) is 6.44. The first kappa shape index (κ1) is 15.1. The molecule has 3 nitrogen and oxygen atoms in total. The maximum absolute atomic E-state index is 9.80. The molecule has 0 fully saturated rings. The van der Waals surface area contributed by atoms with Crippen LogP contribution in [0.1, 0.15) is 5.56 Å². The molecule has 0 heterocycles. The van der Waals surface area contributed by atoms with Crippen molar-refractivity contribution >= 4 is 40.5 Å². The third kappa shape index (κ3) is 3.42. The summed E-state index contributed by atoms with van der Waals surface area (Å²) in [6, 6.07) is 8.22. The maximum atomic E-state index is 9.80. The van der Waals surface area contributed by atoms with Gasteiger partial charge >= 0.3 is 0 Å². The van der Waals surface area contributed by atoms with Gasteiger partial charge in [0.2, 0.25) is 0 Å². The summed E-state index contributed by atoms with van der Waals surface area (Å²) in [5, 5.41) is 14.2. The zero-order valence-electron chi connectivity index (χ0n) is 10.6. The van der Waals surface area contributed by atoms with Crippen molar-refractivity contribution in [2.24, 2.45) is 0 Å². The van der Waals surface area contributed by atoms with Crippen LogP contribution >= 0.6 is 34.8 Å². The molecule has 0 aromatic heterocycles. The lowest BCUT2D eigenvalue weighted by atomic mass is 10.2. The van der Waals surface area contributed by atoms with E-state index >= 15 is 0 Å². The minimum Gasteiger partial charge on any atom is -0.508 e. The van der Waals surface area contributed by atoms with Crippen LogP contribution in [-0.2, 0) is 6.54 Å². The fourth-order valence-corrected chi connectivity index (χ4v) is 2.29. The summed E-state index contributed by atoms with van der Waals surface area (Å²) in [6.07, 6.45) is 0. The van der Waals surface area contributed by atoms with Crippen molar-refractivity contribution in [3.63, 3.8) is 0 Å². The van der Waals surface area contributed by atoms with Gasteiger partial charge in [-0.1, -0.05) is 34.8 Å². The molecule has 2 aromatic rings. The van der Waals surface area contributed by atoms with Crippen molar-refractivity contribution in [3.8, 4) is 11.5 Å². The Labute approximate surface area is 132 Å². The van der Waals surface area contributed by atoms with Gasteiger partial charge in [-0.25, -0.2) is 0 Å². The Kier molecular flexibility index (Phi) is 4.86. The first-order valence-corrected chi connectivity index (χ1v) is 6.89. The number of anilines is 1. The van der Waals surface area contributed by atoms with E-state index in [0.29, 0.717) is 38.6 Å². The first-order valence-electron chi connectivity index (χ1n) is 5.75. The zero-order valence-corrected chi connectivity index (χ0v) is 12.9. The van der Waals surface area contributed by atoms with Gasteiger partial charge < -0.3 is 15.2 Å². The molecule has 0 aliphatic heterocycles. The topological polar surface area (TPSA) is 41.5 Å². The highest BCUT2D eigenvalue weighted by atomic mass is 35.5. The summed E-state index contributed by atoms with van der Waals surface area (Å²) < 4.78 is 5.12. The summed E-state index contributed by atoms with van der Waals surface area (Å²) in [4.78, 5) is 0. The summed E-state index contributed by atoms with van der Waals surface area (Å²) in [5.74, 6) is 0.842. The van der Waals surface area contributed by atoms with E-state index in [0.717, 1.165) is 0 Å². The van der Waals surface area contributed by atoms with E-state index in [1.54, 1.807) is 37.4 Å². The molecule has 20 heavy (non-hydrogen) atoms. The number of hydrogen-bond acceptors (Lipinski definition) is 3. The van der Waals surface area contributed by atoms with E-state index in [1.807, 2.05) is 0 Å². The molecule has 0 saturated carbocycles. The van der Waals surface area contributed by atoms with Gasteiger partial charge in [-0.2, -0.15) is 0 Å². The van der Waals surface area contributed by atoms with Crippen molar-refractivity contribution in [1.29, 1.82) is 0 Å². The molecule has 6 heteroatoms. The van der Waals surface area contributed by atoms with Crippen molar-refractivity contribution < 1.29 is 9.84 Å². The zero-order chi connectivity index (χ0) is 14.7. The average molecular weight is 333 g/mol. The lowest BCUT2D eigenvalue weighted by molar-refractivity contribution is 0.411. The second-order valence-corrected chi connectivity index (χ2v) is 5.32. The quantitative estimate of drug-likeness (QED) is 0.776. The van der Waals surface area contributed by atoms with Gasteiger partial charge in [0.15, 0.2) is 0 Å². The summed E-state index contributed by atoms with van der Waals surface area (Å²) in [7, 11) is 1.57. The Hall–Kier alpha value is -1.29. The number of aromatic hydroxyl groups is 1. The molecule has 0 aliphatic carbocycles. The van der Waals surface area contributed by atoms with Gasteiger partial charge in [0, 0.05) is 12.1 Å². The molecule has 0 spiro atoms. The number of halogens is 3. The van der Waals surface area contributed by atoms with Crippen LogP contribution in [0, 0.1) is 0 Å². The maximum Gasteiger partial charge on any atom is 0.120 e. The van der Waals surface area contributed by atoms with Crippen LogP contribution < -0.4 is 10.1 Å². The number of benzene rings is 2. The number of hydrogen-bond donors (Lipinski definition) is 2. The number of rotatable bonds is 4. The molecular weight excluding hydrogens is 321 g/mol. The second-order valence-electron chi connectivity index (χ2n) is 4.09. The molecule has 0 bridgehead atoms. The highest BCUT2D eigenvalue weighted by Crippen LogP contribution is 2.33. The summed E-state index contributed by atoms with van der Waals surface area (Å²) in [5.41, 5.74) is 1.33. The molecule has 2 aromatic carbocycles. The monoisotopic (exact) mass is 331 g/mol. The van der Waals surface area contributed by atoms with E-state index in [1.165, 1.54) is 0 Å². The SMILES string of the molecule is COc1ccc(O)c(CNc2cc(Cl)c(Cl)cc2Cl)c1. The van der Waals surface area contributed by atoms with Crippen LogP contribution in [0.15, 0.2) is 30.3 Å². The van der Waals surface area contributed by atoms with Crippen molar-refractivity contribution in [1.82, 2.24) is 0 Å². The highest BCUT2D eigenvalue weighted by Gasteiger charge is 2.08. The molecular formula is C14H12Cl3NO2. The Bertz CT molecular complexity index is 632. The number of ether oxygens (including phenoxy) is 1. The molecule has 0 atom stereocenters. The van der Waals surface area contributed by atoms with Gasteiger partial charge in [-0.15, -0.1) is 0 Å². The van der Waals surface area contributed by atoms with Gasteiger partial charge in [0.25, 0.3) is 0 Å². The van der Waals surface area contributed by atoms with E-state index in [4.69, 9.17) is 39.5 Å². The molecule has 0 unspecified atom stereocenters. The van der Waals surface area contributed by atoms with Crippen LogP contribution in [-0.4, -0.2) is 12.2 Å². The number of phenols is 1. The number of nitrogens with one attached hydrogen (secondary N) is 1. The third-order valence-electron chi connectivity index (χ3n) is 2.77. The standard InChI is InChI=1S/C14H12Cl3NO2/c1-20-9-2-3-14(19)8(4-9)7-18-13-6-11(16)10(15)5-12(13)17/h2-6,18-19H,7H2,1H3. The lowest BCUT2D eigenvalue weighted by Gasteiger charge is -2.12. The van der Waals surface area contributed by atoms with E-state index < -0.39 is 0 Å². The fraction of sp³-hybridized carbons (Fsp3) is 0.143. The van der Waals surface area contributed by atoms with Gasteiger partial charge in [-0.05, 0) is 30.3 Å². The van der Waals surface area contributed by atoms with E-state index in [9.17, 15) is 5.11 Å². The Balaban J connectivity index is 2.18. The largest absolute Gasteiger partial charge is 0.508 e. The number of methoxy groups -OCH3 is 1. The van der Waals surface area contributed by atoms with Crippen molar-refractivity contribution in [2.45, 2.75) is 6.54 Å². The van der Waals surface area contributed by atoms with Gasteiger partial charge in [0.1, 0.15) is 11.5 Å². The molecule has 0 radical (unpaired) electrons. The molecule has 106 valence electrons. The average Bonchev–Trinajstić information content (AvgIpc) is 2.43. The lowest BCUT2D eigenvalue weighted by Crippen LogP contribution is -2.01. The van der Waals surface area contributed by atoms with Crippen LogP contribution in [0.4, 0.5) is 5.69 Å². The molecule has 2 N–H and O–H groups in total. The summed E-state index contributed by atoms with van der Waals surface area (Å²) in [6.45, 7) is 0.376. The molecule has 2 rings (SSSR count). The Morgan fingerprint density at radius 1 is 1.05 bits per heavy atom. The van der Waals surface area contributed by atoms with E-state index in [2.05, 4.69) is 5.32 Å². The molecule has 0 aliphatic rings. The van der Waals surface area contributed by atoms with Crippen LogP contribution in [0.2, 0.25) is 15.1 Å². The molecule has 0 amide bonds. The fourth-order valence-electron chi connectivity index (χ4n) is 1.68. The van der Waals surface area contributed by atoms with Gasteiger partial charge in [-0.3, -0.25) is 0 Å². The summed E-state index contributed by atoms with van der Waals surface area (Å²) >= 11 is 17.9. The third-order valence-corrected chi connectivity index (χ3v) is 3.80. The molecule has 0 saturated heterocycles. The predicted octanol–water partition coefficient (Wildman–Crippen LogP) is 4.97. The van der Waals surface area contributed by atoms with Crippen LogP contribution in [0.25, 0.3) is 0 Å². The van der Waals surface area contributed by atoms with Crippen molar-refractivity contribution in [3.05, 3.63) is 51.0 Å². The van der Waals surface area contributed by atoms with E-state index in [-0.39, 0.29) is 5.75 Å². The Morgan fingerprint density at radius 3 is 2.45 bits per heavy atom. The van der Waals surface area contributed by atoms with Crippen LogP contribution in [0.5, 0.6) is 11.5 Å². The van der Waals surface area contributed by atoms with Gasteiger partial charge in [0.05, 0.1) is 27.9 Å². The predicted molar refractivity (Wildman–Crippen MR) is 83.5 cm³/mol. The first-order chi connectivity index (χ1) is 9.51. The van der Waals surface area contributed by atoms with Crippen molar-refractivity contribution in [2.75, 3.05) is 12.4 Å². The smallest absolute Gasteiger partial charge is 0.120 e. The minimum absolute atomic E-state index is 0.175. The highest BCUT2D eigenvalue weighted by molar-refractivity contribution is 6.44. The minimum atomic E-state index is 0.175. The number of phenolic OH excluding ortho intramolecular Hbond substituents is 1. The normalized spacial score (nSPS) is 10.4. The Morgan fingerprint density at radius 2 is 1.75 bits per heavy atom.